The van der Waals surface area contributed by atoms with E-state index < -0.39 is 11.5 Å². The minimum absolute atomic E-state index is 0.117. The van der Waals surface area contributed by atoms with Gasteiger partial charge in [0.05, 0.1) is 6.61 Å². The fourth-order valence-corrected chi connectivity index (χ4v) is 1.26. The molecule has 0 saturated carbocycles. The lowest BCUT2D eigenvalue weighted by Crippen LogP contribution is -2.21. The summed E-state index contributed by atoms with van der Waals surface area (Å²) in [5.41, 5.74) is 0.162. The molecule has 1 aromatic rings. The third-order valence-corrected chi connectivity index (χ3v) is 1.76. The van der Waals surface area contributed by atoms with Gasteiger partial charge in [0.2, 0.25) is 0 Å². The van der Waals surface area contributed by atoms with E-state index in [0.717, 1.165) is 0 Å². The quantitative estimate of drug-likeness (QED) is 0.740. The number of H-pyrrole nitrogens is 1. The van der Waals surface area contributed by atoms with Gasteiger partial charge >= 0.3 is 5.97 Å². The standard InChI is InChI=1S/C9H11NO4/c1-5-3-6(4-14-2)7(9(12)13)8(11)10-5/h3H,4H2,1-2H3,(H,10,11)(H,12,13). The summed E-state index contributed by atoms with van der Waals surface area (Å²) in [5, 5.41) is 8.79. The second kappa shape index (κ2) is 4.06. The molecule has 0 radical (unpaired) electrons. The first kappa shape index (κ1) is 10.5. The summed E-state index contributed by atoms with van der Waals surface area (Å²) < 4.78 is 4.81. The number of pyridine rings is 1. The van der Waals surface area contributed by atoms with Gasteiger partial charge in [-0.1, -0.05) is 0 Å². The number of aromatic amines is 1. The predicted molar refractivity (Wildman–Crippen MR) is 49.5 cm³/mol. The average Bonchev–Trinajstić information content (AvgIpc) is 2.01. The van der Waals surface area contributed by atoms with Gasteiger partial charge in [0.25, 0.3) is 5.56 Å². The van der Waals surface area contributed by atoms with E-state index in [1.807, 2.05) is 0 Å². The van der Waals surface area contributed by atoms with Crippen LogP contribution in [0.3, 0.4) is 0 Å². The first-order valence-corrected chi connectivity index (χ1v) is 4.01. The van der Waals surface area contributed by atoms with Crippen molar-refractivity contribution in [2.24, 2.45) is 0 Å². The summed E-state index contributed by atoms with van der Waals surface area (Å²) in [6, 6.07) is 1.59. The van der Waals surface area contributed by atoms with Crippen LogP contribution < -0.4 is 5.56 Å². The van der Waals surface area contributed by atoms with Crippen molar-refractivity contribution < 1.29 is 14.6 Å². The summed E-state index contributed by atoms with van der Waals surface area (Å²) in [5.74, 6) is -1.24. The molecule has 0 amide bonds. The lowest BCUT2D eigenvalue weighted by Gasteiger charge is -2.04. The number of hydrogen-bond acceptors (Lipinski definition) is 3. The van der Waals surface area contributed by atoms with Crippen LogP contribution in [0.2, 0.25) is 0 Å². The van der Waals surface area contributed by atoms with Crippen LogP contribution in [-0.2, 0) is 11.3 Å². The molecule has 1 heterocycles. The number of hydrogen-bond donors (Lipinski definition) is 2. The van der Waals surface area contributed by atoms with Gasteiger partial charge in [-0.05, 0) is 18.6 Å². The summed E-state index contributed by atoms with van der Waals surface area (Å²) in [4.78, 5) is 24.5. The van der Waals surface area contributed by atoms with E-state index >= 15 is 0 Å². The van der Waals surface area contributed by atoms with E-state index in [4.69, 9.17) is 9.84 Å². The highest BCUT2D eigenvalue weighted by atomic mass is 16.5. The van der Waals surface area contributed by atoms with E-state index in [1.165, 1.54) is 7.11 Å². The number of carboxylic acids is 1. The van der Waals surface area contributed by atoms with Crippen molar-refractivity contribution in [3.63, 3.8) is 0 Å². The normalized spacial score (nSPS) is 10.1. The van der Waals surface area contributed by atoms with Gasteiger partial charge in [0, 0.05) is 12.8 Å². The molecule has 1 rings (SSSR count). The minimum atomic E-state index is -1.24. The molecule has 0 saturated heterocycles. The SMILES string of the molecule is COCc1cc(C)[nH]c(=O)c1C(=O)O. The van der Waals surface area contributed by atoms with E-state index in [2.05, 4.69) is 4.98 Å². The molecule has 0 aliphatic rings. The third-order valence-electron chi connectivity index (χ3n) is 1.76. The van der Waals surface area contributed by atoms with Crippen molar-refractivity contribution >= 4 is 5.97 Å². The second-order valence-corrected chi connectivity index (χ2v) is 2.92. The number of aryl methyl sites for hydroxylation is 1. The van der Waals surface area contributed by atoms with E-state index in [-0.39, 0.29) is 12.2 Å². The Hall–Kier alpha value is -1.62. The zero-order valence-corrected chi connectivity index (χ0v) is 7.96. The number of nitrogens with one attached hydrogen (secondary N) is 1. The molecule has 0 spiro atoms. The van der Waals surface area contributed by atoms with Crippen LogP contribution in [0.5, 0.6) is 0 Å². The van der Waals surface area contributed by atoms with Gasteiger partial charge in [-0.2, -0.15) is 0 Å². The van der Waals surface area contributed by atoms with Gasteiger partial charge < -0.3 is 14.8 Å². The van der Waals surface area contributed by atoms with Crippen molar-refractivity contribution in [3.05, 3.63) is 33.2 Å². The molecule has 14 heavy (non-hydrogen) atoms. The van der Waals surface area contributed by atoms with Crippen molar-refractivity contribution in [1.82, 2.24) is 4.98 Å². The molecule has 2 N–H and O–H groups in total. The van der Waals surface area contributed by atoms with Crippen LogP contribution in [-0.4, -0.2) is 23.2 Å². The summed E-state index contributed by atoms with van der Waals surface area (Å²) in [6.45, 7) is 1.80. The lowest BCUT2D eigenvalue weighted by molar-refractivity contribution is 0.0689. The topological polar surface area (TPSA) is 79.4 Å². The van der Waals surface area contributed by atoms with Crippen molar-refractivity contribution in [1.29, 1.82) is 0 Å². The predicted octanol–water partition coefficient (Wildman–Crippen LogP) is 0.528. The van der Waals surface area contributed by atoms with Crippen molar-refractivity contribution in [2.75, 3.05) is 7.11 Å². The summed E-state index contributed by atoms with van der Waals surface area (Å²) in [6.07, 6.45) is 0. The zero-order chi connectivity index (χ0) is 10.7. The van der Waals surface area contributed by atoms with Gasteiger partial charge in [-0.15, -0.1) is 0 Å². The molecule has 0 aliphatic carbocycles. The van der Waals surface area contributed by atoms with Crippen LogP contribution in [0.1, 0.15) is 21.6 Å². The monoisotopic (exact) mass is 197 g/mol. The highest BCUT2D eigenvalue weighted by Gasteiger charge is 2.14. The fourth-order valence-electron chi connectivity index (χ4n) is 1.26. The number of carbonyl (C=O) groups is 1. The Balaban J connectivity index is 3.36. The molecule has 1 aromatic heterocycles. The Kier molecular flexibility index (Phi) is 3.03. The Morgan fingerprint density at radius 2 is 2.29 bits per heavy atom. The average molecular weight is 197 g/mol. The smallest absolute Gasteiger partial charge is 0.341 e. The first-order valence-electron chi connectivity index (χ1n) is 4.01. The maximum atomic E-state index is 11.3. The first-order chi connectivity index (χ1) is 6.56. The summed E-state index contributed by atoms with van der Waals surface area (Å²) >= 11 is 0. The molecule has 0 fully saturated rings. The van der Waals surface area contributed by atoms with Gasteiger partial charge in [-0.25, -0.2) is 4.79 Å². The molecule has 0 bridgehead atoms. The van der Waals surface area contributed by atoms with Gasteiger partial charge in [0.15, 0.2) is 0 Å². The minimum Gasteiger partial charge on any atom is -0.477 e. The fraction of sp³-hybridized carbons (Fsp3) is 0.333. The van der Waals surface area contributed by atoms with Crippen molar-refractivity contribution in [2.45, 2.75) is 13.5 Å². The van der Waals surface area contributed by atoms with E-state index in [0.29, 0.717) is 11.3 Å². The van der Waals surface area contributed by atoms with Crippen LogP contribution in [0.25, 0.3) is 0 Å². The number of carboxylic acid groups (broad SMARTS) is 1. The molecule has 76 valence electrons. The highest BCUT2D eigenvalue weighted by molar-refractivity contribution is 5.88. The van der Waals surface area contributed by atoms with Gasteiger partial charge in [0.1, 0.15) is 5.56 Å². The Morgan fingerprint density at radius 1 is 1.64 bits per heavy atom. The van der Waals surface area contributed by atoms with Gasteiger partial charge in [-0.3, -0.25) is 4.79 Å². The number of aromatic carboxylic acids is 1. The third kappa shape index (κ3) is 2.00. The van der Waals surface area contributed by atoms with Crippen LogP contribution in [0.15, 0.2) is 10.9 Å². The molecule has 0 aromatic carbocycles. The zero-order valence-electron chi connectivity index (χ0n) is 7.96. The lowest BCUT2D eigenvalue weighted by atomic mass is 10.1. The van der Waals surface area contributed by atoms with Crippen LogP contribution >= 0.6 is 0 Å². The van der Waals surface area contributed by atoms with E-state index in [9.17, 15) is 9.59 Å². The molecule has 5 heteroatoms. The van der Waals surface area contributed by atoms with Crippen molar-refractivity contribution in [3.8, 4) is 0 Å². The Morgan fingerprint density at radius 3 is 2.79 bits per heavy atom. The maximum absolute atomic E-state index is 11.3. The Bertz CT molecular complexity index is 408. The van der Waals surface area contributed by atoms with E-state index in [1.54, 1.807) is 13.0 Å². The number of aromatic nitrogens is 1. The number of rotatable bonds is 3. The molecule has 5 nitrogen and oxygen atoms in total. The number of methoxy groups -OCH3 is 1. The molecule has 0 aliphatic heterocycles. The second-order valence-electron chi connectivity index (χ2n) is 2.92. The van der Waals surface area contributed by atoms with Crippen LogP contribution in [0.4, 0.5) is 0 Å². The summed E-state index contributed by atoms with van der Waals surface area (Å²) in [7, 11) is 1.45. The molecular weight excluding hydrogens is 186 g/mol. The maximum Gasteiger partial charge on any atom is 0.341 e. The largest absolute Gasteiger partial charge is 0.477 e. The Labute approximate surface area is 80.3 Å². The highest BCUT2D eigenvalue weighted by Crippen LogP contribution is 2.06. The number of ether oxygens (including phenoxy) is 1. The molecule has 0 atom stereocenters. The molecular formula is C9H11NO4. The van der Waals surface area contributed by atoms with Crippen LogP contribution in [0, 0.1) is 6.92 Å². The molecule has 0 unspecified atom stereocenters.